The highest BCUT2D eigenvalue weighted by atomic mass is 16.7. The highest BCUT2D eigenvalue weighted by molar-refractivity contribution is 5.77. The van der Waals surface area contributed by atoms with E-state index in [1.165, 1.54) is 4.90 Å². The van der Waals surface area contributed by atoms with Crippen LogP contribution in [-0.2, 0) is 0 Å². The Bertz CT molecular complexity index is 273. The Morgan fingerprint density at radius 1 is 1.86 bits per heavy atom. The normalized spacial score (nSPS) is 29.9. The summed E-state index contributed by atoms with van der Waals surface area (Å²) in [5, 5.41) is 16.6. The van der Waals surface area contributed by atoms with E-state index in [0.29, 0.717) is 13.0 Å². The number of piperidine rings is 1. The molecular weight excluding hydrogens is 190 g/mol. The third-order valence-electron chi connectivity index (χ3n) is 2.09. The molecule has 0 aromatic carbocycles. The maximum Gasteiger partial charge on any atom is 0.270 e. The number of likely N-dealkylation sites (tertiary alicyclic amines) is 1. The Morgan fingerprint density at radius 2 is 2.57 bits per heavy atom. The molecule has 8 heteroatoms. The predicted molar refractivity (Wildman–Crippen MR) is 48.5 cm³/mol. The molecule has 0 bridgehead atoms. The molecule has 1 heterocycles. The first-order chi connectivity index (χ1) is 7.06. The summed E-state index contributed by atoms with van der Waals surface area (Å²) < 4.78 is 6.83. The first-order valence-electron chi connectivity index (χ1n) is 4.59. The van der Waals surface area contributed by atoms with Gasteiger partial charge < -0.3 is 21.5 Å². The van der Waals surface area contributed by atoms with Crippen molar-refractivity contribution in [3.63, 3.8) is 0 Å². The molecule has 1 aliphatic rings. The minimum Gasteiger partial charge on any atom is -0.372 e. The van der Waals surface area contributed by atoms with Crippen LogP contribution in [0.5, 0.6) is 0 Å². The molecule has 1 fully saturated rings. The van der Waals surface area contributed by atoms with Crippen molar-refractivity contribution in [3.8, 4) is 0 Å². The van der Waals surface area contributed by atoms with Gasteiger partial charge in [-0.25, -0.2) is 10.1 Å². The molecule has 1 rings (SSSR count). The molecule has 0 aliphatic carbocycles. The minimum atomic E-state index is -0.892. The maximum atomic E-state index is 10.1. The number of hydrazone groups is 1. The van der Waals surface area contributed by atoms with Crippen LogP contribution in [0.1, 0.15) is 12.8 Å². The van der Waals surface area contributed by atoms with Gasteiger partial charge in [-0.3, -0.25) is 0 Å². The Balaban J connectivity index is 2.77. The van der Waals surface area contributed by atoms with Crippen molar-refractivity contribution < 1.29 is 10.1 Å². The smallest absolute Gasteiger partial charge is 0.270 e. The Morgan fingerprint density at radius 3 is 3.14 bits per heavy atom. The third-order valence-corrected chi connectivity index (χ3v) is 2.09. The van der Waals surface area contributed by atoms with Gasteiger partial charge in [0.1, 0.15) is 11.3 Å². The first-order valence-corrected chi connectivity index (χ1v) is 4.19. The molecule has 0 aromatic rings. The molecule has 5 N–H and O–H groups in total. The van der Waals surface area contributed by atoms with Crippen molar-refractivity contribution in [1.29, 1.82) is 1.43 Å². The molecule has 0 spiro atoms. The van der Waals surface area contributed by atoms with Gasteiger partial charge in [0.2, 0.25) is 1.43 Å². The topological polar surface area (TPSA) is 131 Å². The van der Waals surface area contributed by atoms with Gasteiger partial charge in [0.25, 0.3) is 5.96 Å². The van der Waals surface area contributed by atoms with Crippen LogP contribution >= 0.6 is 0 Å². The van der Waals surface area contributed by atoms with E-state index < -0.39 is 17.3 Å². The highest BCUT2D eigenvalue weighted by Crippen LogP contribution is 2.13. The van der Waals surface area contributed by atoms with Crippen LogP contribution in [0.15, 0.2) is 5.10 Å². The van der Waals surface area contributed by atoms with Gasteiger partial charge in [-0.05, 0) is 12.8 Å². The molecule has 1 saturated heterocycles. The lowest BCUT2D eigenvalue weighted by molar-refractivity contribution is -0.486. The first kappa shape index (κ1) is 9.16. The van der Waals surface area contributed by atoms with Gasteiger partial charge in [0.15, 0.2) is 5.03 Å². The largest absolute Gasteiger partial charge is 0.372 e. The molecule has 0 amide bonds. The quantitative estimate of drug-likeness (QED) is 0.212. The van der Waals surface area contributed by atoms with Crippen LogP contribution in [-0.4, -0.2) is 41.2 Å². The molecule has 14 heavy (non-hydrogen) atoms. The molecule has 8 nitrogen and oxygen atoms in total. The fraction of sp³-hybridized carbons (Fsp3) is 0.833. The lowest BCUT2D eigenvalue weighted by atomic mass is 10.1. The van der Waals surface area contributed by atoms with Gasteiger partial charge in [-0.1, -0.05) is 0 Å². The van der Waals surface area contributed by atoms with E-state index in [0.717, 1.165) is 6.42 Å². The summed E-state index contributed by atoms with van der Waals surface area (Å²) in [6.07, 6.45) is 0.642. The number of aliphatic hydroxyl groups is 1. The van der Waals surface area contributed by atoms with Gasteiger partial charge in [-0.15, -0.1) is 0 Å². The number of nitrogens with two attached hydrogens (primary N) is 2. The van der Waals surface area contributed by atoms with E-state index in [9.17, 15) is 10.1 Å². The van der Waals surface area contributed by atoms with Crippen molar-refractivity contribution in [2.75, 3.05) is 6.54 Å². The van der Waals surface area contributed by atoms with Gasteiger partial charge >= 0.3 is 0 Å². The summed E-state index contributed by atoms with van der Waals surface area (Å²) in [7, 11) is 0. The summed E-state index contributed by atoms with van der Waals surface area (Å²) in [6.45, 7) is 0.445. The SMILES string of the molecule is [3H]OC1C(N)CCCN1/C(N)=N/[N+](=O)[O-]. The standard InChI is InChI=1S/C6H13N5O3/c7-4-2-1-3-10(5(4)12)6(8)9-11(13)14/h4-5,12H,1-3,7H2,(H2,8,9)/i12T. The van der Waals surface area contributed by atoms with Crippen molar-refractivity contribution >= 4 is 5.96 Å². The summed E-state index contributed by atoms with van der Waals surface area (Å²) >= 11 is 0. The monoisotopic (exact) mass is 205 g/mol. The zero-order valence-corrected chi connectivity index (χ0v) is 7.50. The van der Waals surface area contributed by atoms with Crippen LogP contribution in [0.3, 0.4) is 0 Å². The second kappa shape index (κ2) is 4.20. The molecule has 80 valence electrons. The van der Waals surface area contributed by atoms with Crippen molar-refractivity contribution in [2.24, 2.45) is 16.6 Å². The number of hydrogen-bond donors (Lipinski definition) is 3. The number of nitro groups is 1. The zero-order valence-electron chi connectivity index (χ0n) is 8.50. The van der Waals surface area contributed by atoms with E-state index >= 15 is 0 Å². The molecule has 0 radical (unpaired) electrons. The van der Waals surface area contributed by atoms with E-state index in [2.05, 4.69) is 10.2 Å². The van der Waals surface area contributed by atoms with Crippen LogP contribution < -0.4 is 11.5 Å². The third kappa shape index (κ3) is 2.30. The van der Waals surface area contributed by atoms with Gasteiger partial charge in [-0.2, -0.15) is 0 Å². The zero-order chi connectivity index (χ0) is 11.4. The van der Waals surface area contributed by atoms with Crippen LogP contribution in [0.4, 0.5) is 0 Å². The molecular formula is C6H13N5O3. The molecule has 1 aliphatic heterocycles. The molecule has 2 unspecified atom stereocenters. The summed E-state index contributed by atoms with van der Waals surface area (Å²) in [5.41, 5.74) is 11.1. The Labute approximate surface area is 81.8 Å². The molecule has 0 aromatic heterocycles. The van der Waals surface area contributed by atoms with Crippen molar-refractivity contribution in [2.45, 2.75) is 25.1 Å². The van der Waals surface area contributed by atoms with Gasteiger partial charge in [0.05, 0.1) is 0 Å². The number of hydrogen-bond acceptors (Lipinski definition) is 4. The van der Waals surface area contributed by atoms with Crippen molar-refractivity contribution in [3.05, 3.63) is 10.1 Å². The second-order valence-corrected chi connectivity index (χ2v) is 3.09. The summed E-state index contributed by atoms with van der Waals surface area (Å²) in [6, 6.07) is -0.392. The maximum absolute atomic E-state index is 10.1. The average molecular weight is 205 g/mol. The van der Waals surface area contributed by atoms with E-state index in [1.54, 1.807) is 0 Å². The Hall–Kier alpha value is -1.41. The van der Waals surface area contributed by atoms with E-state index in [4.69, 9.17) is 12.9 Å². The van der Waals surface area contributed by atoms with Crippen LogP contribution in [0.25, 0.3) is 0 Å². The number of nitrogens with zero attached hydrogens (tertiary/aromatic N) is 3. The van der Waals surface area contributed by atoms with Crippen LogP contribution in [0.2, 0.25) is 0 Å². The fourth-order valence-electron chi connectivity index (χ4n) is 1.38. The Kier molecular flexibility index (Phi) is 2.75. The lowest BCUT2D eigenvalue weighted by Gasteiger charge is -2.35. The average Bonchev–Trinajstić information content (AvgIpc) is 2.16. The number of guanidine groups is 1. The fourth-order valence-corrected chi connectivity index (χ4v) is 1.38. The molecule has 0 saturated carbocycles. The van der Waals surface area contributed by atoms with E-state index in [1.807, 2.05) is 0 Å². The highest BCUT2D eigenvalue weighted by Gasteiger charge is 2.29. The molecule has 2 atom stereocenters. The summed E-state index contributed by atoms with van der Waals surface area (Å²) in [5.74, 6) is -0.285. The van der Waals surface area contributed by atoms with Crippen molar-refractivity contribution in [1.82, 2.24) is 4.90 Å². The van der Waals surface area contributed by atoms with Gasteiger partial charge in [0, 0.05) is 12.6 Å². The minimum absolute atomic E-state index is 0.285. The lowest BCUT2D eigenvalue weighted by Crippen LogP contribution is -2.56. The second-order valence-electron chi connectivity index (χ2n) is 3.09. The number of aliphatic hydroxyl groups excluding tert-OH is 1. The number of rotatable bonds is 2. The van der Waals surface area contributed by atoms with Crippen LogP contribution in [0, 0.1) is 10.1 Å². The predicted octanol–water partition coefficient (Wildman–Crippen LogP) is -1.77. The summed E-state index contributed by atoms with van der Waals surface area (Å²) in [4.78, 5) is 11.4. The van der Waals surface area contributed by atoms with E-state index in [-0.39, 0.29) is 5.96 Å².